The Bertz CT molecular complexity index is 956. The van der Waals surface area contributed by atoms with E-state index in [2.05, 4.69) is 26.7 Å². The van der Waals surface area contributed by atoms with E-state index in [0.29, 0.717) is 18.0 Å². The van der Waals surface area contributed by atoms with Gasteiger partial charge in [0.25, 0.3) is 0 Å². The Balaban J connectivity index is 0.000000479. The van der Waals surface area contributed by atoms with Gasteiger partial charge in [-0.15, -0.1) is 0 Å². The molecule has 1 aliphatic rings. The van der Waals surface area contributed by atoms with Crippen molar-refractivity contribution in [3.8, 4) is 11.5 Å². The van der Waals surface area contributed by atoms with Crippen LogP contribution in [0.3, 0.4) is 0 Å². The Morgan fingerprint density at radius 3 is 2.36 bits per heavy atom. The number of ether oxygens (including phenoxy) is 2. The van der Waals surface area contributed by atoms with Crippen molar-refractivity contribution < 1.29 is 37.7 Å². The molecule has 0 amide bonds. The maximum atomic E-state index is 10.6. The molecule has 180 valence electrons. The highest BCUT2D eigenvalue weighted by Crippen LogP contribution is 2.28. The number of nitrogens with one attached hydrogen (secondary N) is 2. The fraction of sp³-hybridized carbons (Fsp3) is 0.381. The standard InChI is InChI=1S/C19H24N4O3.C2HF3O2/c1-25-16-6-4-13(8-17(16)26-2)10-20-18-9-19(22-12-21-18)23-15-5-3-14(7-15)11-24;3-2(4,5)1(6)7/h3-6,8-9,12,14-15,24H,7,10-11H2,1-2H3,(H2,20,21,22,23);(H,6,7)/t14-,15+;/m0./s1. The number of carboxylic acids is 1. The van der Waals surface area contributed by atoms with Crippen molar-refractivity contribution in [2.45, 2.75) is 25.2 Å². The highest BCUT2D eigenvalue weighted by atomic mass is 19.4. The summed E-state index contributed by atoms with van der Waals surface area (Å²) >= 11 is 0. The Morgan fingerprint density at radius 2 is 1.79 bits per heavy atom. The molecule has 0 unspecified atom stereocenters. The molecular weight excluding hydrogens is 445 g/mol. The van der Waals surface area contributed by atoms with Gasteiger partial charge >= 0.3 is 12.1 Å². The number of carboxylic acid groups (broad SMARTS) is 1. The van der Waals surface area contributed by atoms with Gasteiger partial charge in [-0.3, -0.25) is 0 Å². The lowest BCUT2D eigenvalue weighted by Crippen LogP contribution is -2.21. The molecule has 0 radical (unpaired) electrons. The lowest BCUT2D eigenvalue weighted by molar-refractivity contribution is -0.192. The number of aromatic nitrogens is 2. The van der Waals surface area contributed by atoms with Crippen LogP contribution in [0.5, 0.6) is 11.5 Å². The van der Waals surface area contributed by atoms with E-state index < -0.39 is 12.1 Å². The molecule has 0 bridgehead atoms. The molecule has 0 fully saturated rings. The maximum absolute atomic E-state index is 10.6. The number of hydrogen-bond acceptors (Lipinski definition) is 8. The molecule has 3 rings (SSSR count). The number of anilines is 2. The van der Waals surface area contributed by atoms with Crippen molar-refractivity contribution in [3.05, 3.63) is 48.3 Å². The third kappa shape index (κ3) is 8.15. The van der Waals surface area contributed by atoms with Crippen LogP contribution in [0.2, 0.25) is 0 Å². The van der Waals surface area contributed by atoms with E-state index in [1.807, 2.05) is 30.3 Å². The summed E-state index contributed by atoms with van der Waals surface area (Å²) in [6.45, 7) is 0.781. The minimum Gasteiger partial charge on any atom is -0.493 e. The highest BCUT2D eigenvalue weighted by molar-refractivity contribution is 5.73. The van der Waals surface area contributed by atoms with Gasteiger partial charge in [0.05, 0.1) is 14.2 Å². The molecule has 0 spiro atoms. The fourth-order valence-corrected chi connectivity index (χ4v) is 2.92. The lowest BCUT2D eigenvalue weighted by atomic mass is 10.1. The van der Waals surface area contributed by atoms with Crippen molar-refractivity contribution in [1.82, 2.24) is 9.97 Å². The molecule has 12 heteroatoms. The van der Waals surface area contributed by atoms with Gasteiger partial charge in [-0.05, 0) is 24.1 Å². The summed E-state index contributed by atoms with van der Waals surface area (Å²) in [5, 5.41) is 23.0. The number of hydrogen-bond donors (Lipinski definition) is 4. The van der Waals surface area contributed by atoms with Crippen LogP contribution in [0.25, 0.3) is 0 Å². The average Bonchev–Trinajstić information content (AvgIpc) is 3.25. The topological polar surface area (TPSA) is 126 Å². The van der Waals surface area contributed by atoms with Crippen molar-refractivity contribution in [2.75, 3.05) is 31.5 Å². The van der Waals surface area contributed by atoms with Crippen LogP contribution in [-0.2, 0) is 11.3 Å². The Labute approximate surface area is 188 Å². The van der Waals surface area contributed by atoms with E-state index in [9.17, 15) is 18.3 Å². The van der Waals surface area contributed by atoms with E-state index in [1.165, 1.54) is 6.33 Å². The number of rotatable bonds is 8. The first-order chi connectivity index (χ1) is 15.7. The van der Waals surface area contributed by atoms with Gasteiger partial charge in [0.2, 0.25) is 0 Å². The average molecular weight is 470 g/mol. The van der Waals surface area contributed by atoms with Gasteiger partial charge in [-0.2, -0.15) is 13.2 Å². The quantitative estimate of drug-likeness (QED) is 0.431. The fourth-order valence-electron chi connectivity index (χ4n) is 2.92. The Morgan fingerprint density at radius 1 is 1.12 bits per heavy atom. The first kappa shape index (κ1) is 25.7. The van der Waals surface area contributed by atoms with Gasteiger partial charge in [0, 0.05) is 31.2 Å². The van der Waals surface area contributed by atoms with Gasteiger partial charge in [0.15, 0.2) is 11.5 Å². The smallest absolute Gasteiger partial charge is 0.490 e. The van der Waals surface area contributed by atoms with Crippen LogP contribution in [0.1, 0.15) is 12.0 Å². The molecule has 1 aromatic carbocycles. The second-order valence-electron chi connectivity index (χ2n) is 6.95. The first-order valence-electron chi connectivity index (χ1n) is 9.79. The predicted molar refractivity (Wildman–Crippen MR) is 114 cm³/mol. The van der Waals surface area contributed by atoms with Crippen molar-refractivity contribution in [2.24, 2.45) is 5.92 Å². The largest absolute Gasteiger partial charge is 0.493 e. The minimum absolute atomic E-state index is 0.177. The number of aliphatic carboxylic acids is 1. The number of halogens is 3. The molecule has 1 heterocycles. The number of benzene rings is 1. The predicted octanol–water partition coefficient (Wildman–Crippen LogP) is 3.09. The molecule has 0 aliphatic heterocycles. The number of carbonyl (C=O) groups is 1. The van der Waals surface area contributed by atoms with Crippen LogP contribution in [-0.4, -0.2) is 59.2 Å². The summed E-state index contributed by atoms with van der Waals surface area (Å²) in [7, 11) is 3.24. The molecule has 9 nitrogen and oxygen atoms in total. The minimum atomic E-state index is -5.08. The van der Waals surface area contributed by atoms with Gasteiger partial charge < -0.3 is 30.3 Å². The molecule has 4 N–H and O–H groups in total. The van der Waals surface area contributed by atoms with E-state index in [-0.39, 0.29) is 18.6 Å². The van der Waals surface area contributed by atoms with E-state index in [4.69, 9.17) is 19.4 Å². The Hall–Kier alpha value is -3.54. The summed E-state index contributed by atoms with van der Waals surface area (Å²) in [4.78, 5) is 17.4. The zero-order valence-electron chi connectivity index (χ0n) is 18.0. The molecule has 0 saturated carbocycles. The molecule has 33 heavy (non-hydrogen) atoms. The molecule has 0 saturated heterocycles. The summed E-state index contributed by atoms with van der Waals surface area (Å²) in [5.74, 6) is 0.351. The zero-order valence-corrected chi connectivity index (χ0v) is 18.0. The molecule has 2 aromatic rings. The highest BCUT2D eigenvalue weighted by Gasteiger charge is 2.38. The Kier molecular flexibility index (Phi) is 9.28. The molecule has 1 aliphatic carbocycles. The van der Waals surface area contributed by atoms with Crippen LogP contribution in [0.4, 0.5) is 24.8 Å². The summed E-state index contributed by atoms with van der Waals surface area (Å²) < 4.78 is 42.3. The molecule has 2 atom stereocenters. The SMILES string of the molecule is COc1ccc(CNc2cc(N[C@@H]3C=C[C@H](CO)C3)ncn2)cc1OC.O=C(O)C(F)(F)F. The van der Waals surface area contributed by atoms with E-state index >= 15 is 0 Å². The number of aliphatic hydroxyl groups excluding tert-OH is 1. The van der Waals surface area contributed by atoms with Crippen LogP contribution in [0.15, 0.2) is 42.7 Å². The number of alkyl halides is 3. The van der Waals surface area contributed by atoms with Crippen molar-refractivity contribution in [3.63, 3.8) is 0 Å². The molecule has 1 aromatic heterocycles. The van der Waals surface area contributed by atoms with Crippen molar-refractivity contribution in [1.29, 1.82) is 0 Å². The maximum Gasteiger partial charge on any atom is 0.490 e. The van der Waals surface area contributed by atoms with Gasteiger partial charge in [-0.25, -0.2) is 14.8 Å². The third-order valence-electron chi connectivity index (χ3n) is 4.57. The normalized spacial score (nSPS) is 17.0. The second kappa shape index (κ2) is 11.9. The lowest BCUT2D eigenvalue weighted by Gasteiger charge is -2.14. The van der Waals surface area contributed by atoms with Crippen molar-refractivity contribution >= 4 is 17.6 Å². The van der Waals surface area contributed by atoms with Crippen LogP contribution < -0.4 is 20.1 Å². The van der Waals surface area contributed by atoms with Gasteiger partial charge in [-0.1, -0.05) is 18.2 Å². The third-order valence-corrected chi connectivity index (χ3v) is 4.57. The second-order valence-corrected chi connectivity index (χ2v) is 6.95. The molecular formula is C21H25F3N4O5. The summed E-state index contributed by atoms with van der Waals surface area (Å²) in [5.41, 5.74) is 1.06. The van der Waals surface area contributed by atoms with Crippen LogP contribution in [0, 0.1) is 5.92 Å². The number of methoxy groups -OCH3 is 2. The summed E-state index contributed by atoms with van der Waals surface area (Å²) in [6.07, 6.45) is 1.42. The number of nitrogens with zero attached hydrogens (tertiary/aromatic N) is 2. The van der Waals surface area contributed by atoms with E-state index in [1.54, 1.807) is 14.2 Å². The monoisotopic (exact) mass is 470 g/mol. The van der Waals surface area contributed by atoms with Crippen LogP contribution >= 0.6 is 0 Å². The zero-order chi connectivity index (χ0) is 24.4. The number of aliphatic hydroxyl groups is 1. The van der Waals surface area contributed by atoms with E-state index in [0.717, 1.165) is 23.6 Å². The van der Waals surface area contributed by atoms with Gasteiger partial charge in [0.1, 0.15) is 18.0 Å². The first-order valence-corrected chi connectivity index (χ1v) is 9.79. The summed E-state index contributed by atoms with van der Waals surface area (Å²) in [6, 6.07) is 7.85.